The Balaban J connectivity index is 2.00. The van der Waals surface area contributed by atoms with Crippen molar-refractivity contribution in [2.45, 2.75) is 39.3 Å². The van der Waals surface area contributed by atoms with E-state index in [1.807, 2.05) is 38.1 Å². The zero-order valence-corrected chi connectivity index (χ0v) is 17.8. The van der Waals surface area contributed by atoms with E-state index in [0.717, 1.165) is 18.2 Å². The summed E-state index contributed by atoms with van der Waals surface area (Å²) in [4.78, 5) is 12.5. The average Bonchev–Trinajstić information content (AvgIpc) is 2.66. The standard InChI is InChI=1S/C21H28N2O4S/c1-6-20(17-9-7-15(2)8-10-17)22-21(24)16(3)27-19-13-11-18(12-14-19)23(4)28(5,25)26/h7-14,16,20H,6H2,1-5H3,(H,22,24)/t16-,20-/m1/s1. The van der Waals surface area contributed by atoms with Gasteiger partial charge in [-0.3, -0.25) is 9.10 Å². The van der Waals surface area contributed by atoms with Crippen molar-refractivity contribution >= 4 is 21.6 Å². The highest BCUT2D eigenvalue weighted by Gasteiger charge is 2.19. The molecule has 0 saturated carbocycles. The minimum Gasteiger partial charge on any atom is -0.481 e. The first-order chi connectivity index (χ1) is 13.1. The van der Waals surface area contributed by atoms with E-state index in [9.17, 15) is 13.2 Å². The lowest BCUT2D eigenvalue weighted by Gasteiger charge is -2.21. The van der Waals surface area contributed by atoms with Crippen LogP contribution in [0.15, 0.2) is 48.5 Å². The lowest BCUT2D eigenvalue weighted by atomic mass is 10.0. The third kappa shape index (κ3) is 5.73. The van der Waals surface area contributed by atoms with Gasteiger partial charge in [0.25, 0.3) is 5.91 Å². The van der Waals surface area contributed by atoms with Crippen LogP contribution < -0.4 is 14.4 Å². The number of aryl methyl sites for hydroxylation is 1. The number of benzene rings is 2. The molecule has 2 rings (SSSR count). The molecule has 1 N–H and O–H groups in total. The van der Waals surface area contributed by atoms with Crippen LogP contribution in [0.4, 0.5) is 5.69 Å². The molecule has 7 heteroatoms. The summed E-state index contributed by atoms with van der Waals surface area (Å²) in [6, 6.07) is 14.6. The number of hydrogen-bond donors (Lipinski definition) is 1. The summed E-state index contributed by atoms with van der Waals surface area (Å²) >= 11 is 0. The number of anilines is 1. The zero-order chi connectivity index (χ0) is 20.9. The molecule has 0 spiro atoms. The Morgan fingerprint density at radius 2 is 1.68 bits per heavy atom. The van der Waals surface area contributed by atoms with Gasteiger partial charge in [0, 0.05) is 7.05 Å². The molecule has 0 unspecified atom stereocenters. The van der Waals surface area contributed by atoms with Gasteiger partial charge in [-0.25, -0.2) is 8.42 Å². The van der Waals surface area contributed by atoms with Crippen molar-refractivity contribution in [3.05, 3.63) is 59.7 Å². The van der Waals surface area contributed by atoms with Crippen molar-refractivity contribution < 1.29 is 17.9 Å². The number of carbonyl (C=O) groups is 1. The van der Waals surface area contributed by atoms with E-state index in [4.69, 9.17) is 4.74 Å². The van der Waals surface area contributed by atoms with Gasteiger partial charge in [0.15, 0.2) is 6.10 Å². The fourth-order valence-electron chi connectivity index (χ4n) is 2.69. The molecule has 28 heavy (non-hydrogen) atoms. The van der Waals surface area contributed by atoms with Crippen molar-refractivity contribution in [2.24, 2.45) is 0 Å². The van der Waals surface area contributed by atoms with Crippen LogP contribution in [0.25, 0.3) is 0 Å². The Morgan fingerprint density at radius 1 is 1.11 bits per heavy atom. The van der Waals surface area contributed by atoms with Crippen LogP contribution in [-0.4, -0.2) is 33.7 Å². The Kier molecular flexibility index (Phi) is 7.07. The van der Waals surface area contributed by atoms with Gasteiger partial charge in [-0.15, -0.1) is 0 Å². The van der Waals surface area contributed by atoms with E-state index >= 15 is 0 Å². The van der Waals surface area contributed by atoms with Gasteiger partial charge in [0.2, 0.25) is 10.0 Å². The van der Waals surface area contributed by atoms with E-state index in [2.05, 4.69) is 5.32 Å². The molecular formula is C21H28N2O4S. The third-order valence-electron chi connectivity index (χ3n) is 4.58. The summed E-state index contributed by atoms with van der Waals surface area (Å²) in [5.41, 5.74) is 2.76. The largest absolute Gasteiger partial charge is 0.481 e. The molecule has 2 atom stereocenters. The van der Waals surface area contributed by atoms with Crippen LogP contribution >= 0.6 is 0 Å². The maximum Gasteiger partial charge on any atom is 0.261 e. The molecule has 2 aromatic carbocycles. The predicted molar refractivity (Wildman–Crippen MR) is 112 cm³/mol. The quantitative estimate of drug-likeness (QED) is 0.731. The number of ether oxygens (including phenoxy) is 1. The SMILES string of the molecule is CC[C@@H](NC(=O)[C@@H](C)Oc1ccc(N(C)S(C)(=O)=O)cc1)c1ccc(C)cc1. The van der Waals surface area contributed by atoms with Crippen LogP contribution in [0.1, 0.15) is 37.4 Å². The first kappa shape index (κ1) is 21.8. The van der Waals surface area contributed by atoms with E-state index < -0.39 is 16.1 Å². The van der Waals surface area contributed by atoms with E-state index in [0.29, 0.717) is 11.4 Å². The maximum absolute atomic E-state index is 12.5. The molecule has 152 valence electrons. The predicted octanol–water partition coefficient (Wildman–Crippen LogP) is 3.43. The van der Waals surface area contributed by atoms with Gasteiger partial charge in [0.05, 0.1) is 18.0 Å². The van der Waals surface area contributed by atoms with Crippen LogP contribution in [0, 0.1) is 6.92 Å². The Morgan fingerprint density at radius 3 is 2.18 bits per heavy atom. The van der Waals surface area contributed by atoms with E-state index in [-0.39, 0.29) is 11.9 Å². The fraction of sp³-hybridized carbons (Fsp3) is 0.381. The lowest BCUT2D eigenvalue weighted by Crippen LogP contribution is -2.38. The molecule has 0 fully saturated rings. The average molecular weight is 405 g/mol. The summed E-state index contributed by atoms with van der Waals surface area (Å²) in [5, 5.41) is 3.02. The van der Waals surface area contributed by atoms with Crippen molar-refractivity contribution in [1.29, 1.82) is 0 Å². The summed E-state index contributed by atoms with van der Waals surface area (Å²) in [5.74, 6) is 0.293. The van der Waals surface area contributed by atoms with Crippen LogP contribution in [0.5, 0.6) is 5.75 Å². The van der Waals surface area contributed by atoms with E-state index in [1.54, 1.807) is 31.2 Å². The van der Waals surface area contributed by atoms with Crippen molar-refractivity contribution in [2.75, 3.05) is 17.6 Å². The molecule has 0 aliphatic rings. The van der Waals surface area contributed by atoms with Gasteiger partial charge in [-0.2, -0.15) is 0 Å². The molecule has 6 nitrogen and oxygen atoms in total. The number of carbonyl (C=O) groups excluding carboxylic acids is 1. The summed E-state index contributed by atoms with van der Waals surface area (Å²) in [6.07, 6.45) is 1.23. The molecule has 0 bridgehead atoms. The van der Waals surface area contributed by atoms with Gasteiger partial charge >= 0.3 is 0 Å². The topological polar surface area (TPSA) is 75.7 Å². The third-order valence-corrected chi connectivity index (χ3v) is 5.79. The highest BCUT2D eigenvalue weighted by atomic mass is 32.2. The second kappa shape index (κ2) is 9.10. The molecular weight excluding hydrogens is 376 g/mol. The monoisotopic (exact) mass is 404 g/mol. The molecule has 0 aliphatic carbocycles. The second-order valence-electron chi connectivity index (χ2n) is 6.86. The molecule has 0 aliphatic heterocycles. The first-order valence-electron chi connectivity index (χ1n) is 9.19. The Labute approximate surface area is 167 Å². The molecule has 1 amide bonds. The zero-order valence-electron chi connectivity index (χ0n) is 17.0. The number of amides is 1. The number of sulfonamides is 1. The first-order valence-corrected chi connectivity index (χ1v) is 11.0. The fourth-order valence-corrected chi connectivity index (χ4v) is 3.20. The molecule has 0 radical (unpaired) electrons. The number of rotatable bonds is 8. The van der Waals surface area contributed by atoms with Gasteiger partial charge in [-0.05, 0) is 50.1 Å². The van der Waals surface area contributed by atoms with Crippen LogP contribution in [-0.2, 0) is 14.8 Å². The van der Waals surface area contributed by atoms with Gasteiger partial charge in [0.1, 0.15) is 5.75 Å². The molecule has 0 aromatic heterocycles. The van der Waals surface area contributed by atoms with Crippen LogP contribution in [0.3, 0.4) is 0 Å². The van der Waals surface area contributed by atoms with Gasteiger partial charge < -0.3 is 10.1 Å². The van der Waals surface area contributed by atoms with Crippen LogP contribution in [0.2, 0.25) is 0 Å². The Bertz CT molecular complexity index is 893. The van der Waals surface area contributed by atoms with Crippen molar-refractivity contribution in [3.63, 3.8) is 0 Å². The number of nitrogens with zero attached hydrogens (tertiary/aromatic N) is 1. The minimum absolute atomic E-state index is 0.0788. The molecule has 0 saturated heterocycles. The van der Waals surface area contributed by atoms with Crippen molar-refractivity contribution in [1.82, 2.24) is 5.32 Å². The van der Waals surface area contributed by atoms with Gasteiger partial charge in [-0.1, -0.05) is 36.8 Å². The van der Waals surface area contributed by atoms with Crippen molar-refractivity contribution in [3.8, 4) is 5.75 Å². The maximum atomic E-state index is 12.5. The number of hydrogen-bond acceptors (Lipinski definition) is 4. The number of nitrogens with one attached hydrogen (secondary N) is 1. The lowest BCUT2D eigenvalue weighted by molar-refractivity contribution is -0.128. The summed E-state index contributed by atoms with van der Waals surface area (Å²) in [7, 11) is -1.84. The molecule has 2 aromatic rings. The Hall–Kier alpha value is -2.54. The second-order valence-corrected chi connectivity index (χ2v) is 8.88. The smallest absolute Gasteiger partial charge is 0.261 e. The molecule has 0 heterocycles. The normalized spacial score (nSPS) is 13.5. The summed E-state index contributed by atoms with van der Waals surface area (Å²) in [6.45, 7) is 5.74. The van der Waals surface area contributed by atoms with E-state index in [1.165, 1.54) is 16.9 Å². The highest BCUT2D eigenvalue weighted by molar-refractivity contribution is 7.92. The summed E-state index contributed by atoms with van der Waals surface area (Å²) < 4.78 is 30.1. The highest BCUT2D eigenvalue weighted by Crippen LogP contribution is 2.22. The minimum atomic E-state index is -3.32.